The molecule has 0 radical (unpaired) electrons. The molecule has 2 atom stereocenters. The number of nitrogens with two attached hydrogens (primary N) is 1. The van der Waals surface area contributed by atoms with E-state index in [1.165, 1.54) is 0 Å². The second kappa shape index (κ2) is 6.07. The Morgan fingerprint density at radius 1 is 1.33 bits per heavy atom. The Kier molecular flexibility index (Phi) is 4.99. The van der Waals surface area contributed by atoms with Crippen molar-refractivity contribution in [3.05, 3.63) is 0 Å². The molecule has 0 heterocycles. The van der Waals surface area contributed by atoms with E-state index in [-0.39, 0.29) is 24.0 Å². The summed E-state index contributed by atoms with van der Waals surface area (Å²) in [5.74, 6) is 0.0223. The Labute approximate surface area is 108 Å². The summed E-state index contributed by atoms with van der Waals surface area (Å²) in [5, 5.41) is 2.87. The minimum atomic E-state index is -0.481. The van der Waals surface area contributed by atoms with Crippen LogP contribution in [0, 0.1) is 5.92 Å². The Balaban J connectivity index is 2.38. The number of primary amides is 1. The Morgan fingerprint density at radius 2 is 2.00 bits per heavy atom. The van der Waals surface area contributed by atoms with Gasteiger partial charge in [0.1, 0.15) is 5.60 Å². The molecular weight excluding hydrogens is 232 g/mol. The first kappa shape index (κ1) is 14.8. The van der Waals surface area contributed by atoms with Crippen LogP contribution < -0.4 is 11.1 Å². The Morgan fingerprint density at radius 3 is 2.56 bits per heavy atom. The van der Waals surface area contributed by atoms with Crippen LogP contribution in [0.5, 0.6) is 0 Å². The highest BCUT2D eigenvalue weighted by molar-refractivity contribution is 5.74. The summed E-state index contributed by atoms with van der Waals surface area (Å²) in [6, 6.07) is 0.0953. The highest BCUT2D eigenvalue weighted by Crippen LogP contribution is 2.26. The largest absolute Gasteiger partial charge is 0.444 e. The van der Waals surface area contributed by atoms with Crippen molar-refractivity contribution < 1.29 is 14.3 Å². The first-order chi connectivity index (χ1) is 8.26. The minimum Gasteiger partial charge on any atom is -0.444 e. The molecule has 0 bridgehead atoms. The molecule has 0 aromatic heterocycles. The van der Waals surface area contributed by atoms with Gasteiger partial charge in [0, 0.05) is 12.5 Å². The van der Waals surface area contributed by atoms with Gasteiger partial charge in [-0.1, -0.05) is 6.42 Å². The van der Waals surface area contributed by atoms with E-state index in [0.29, 0.717) is 6.42 Å². The third kappa shape index (κ3) is 5.89. The predicted octanol–water partition coefficient (Wildman–Crippen LogP) is 1.95. The highest BCUT2D eigenvalue weighted by Gasteiger charge is 2.26. The van der Waals surface area contributed by atoms with Gasteiger partial charge in [-0.15, -0.1) is 0 Å². The van der Waals surface area contributed by atoms with Crippen molar-refractivity contribution in [3.8, 4) is 0 Å². The smallest absolute Gasteiger partial charge is 0.407 e. The molecule has 0 spiro atoms. The van der Waals surface area contributed by atoms with E-state index in [0.717, 1.165) is 25.7 Å². The number of carbonyl (C=O) groups is 2. The summed E-state index contributed by atoms with van der Waals surface area (Å²) in [7, 11) is 0. The molecule has 0 saturated heterocycles. The lowest BCUT2D eigenvalue weighted by atomic mass is 9.83. The van der Waals surface area contributed by atoms with E-state index >= 15 is 0 Å². The molecule has 104 valence electrons. The molecule has 0 aromatic rings. The van der Waals surface area contributed by atoms with Crippen LogP contribution in [0.3, 0.4) is 0 Å². The molecular formula is C13H24N2O3. The molecule has 2 amide bonds. The van der Waals surface area contributed by atoms with Gasteiger partial charge in [-0.25, -0.2) is 4.79 Å². The maximum Gasteiger partial charge on any atom is 0.407 e. The summed E-state index contributed by atoms with van der Waals surface area (Å²) >= 11 is 0. The number of hydrogen-bond acceptors (Lipinski definition) is 3. The number of carbonyl (C=O) groups excluding carboxylic acids is 2. The summed E-state index contributed by atoms with van der Waals surface area (Å²) in [4.78, 5) is 22.5. The summed E-state index contributed by atoms with van der Waals surface area (Å²) in [6.07, 6.45) is 3.80. The molecule has 1 fully saturated rings. The fraction of sp³-hybridized carbons (Fsp3) is 0.846. The van der Waals surface area contributed by atoms with Gasteiger partial charge in [-0.05, 0) is 46.0 Å². The predicted molar refractivity (Wildman–Crippen MR) is 68.9 cm³/mol. The molecule has 1 aliphatic rings. The maximum atomic E-state index is 11.6. The number of ether oxygens (including phenoxy) is 1. The van der Waals surface area contributed by atoms with Gasteiger partial charge in [-0.2, -0.15) is 0 Å². The SMILES string of the molecule is CC(C)(C)OC(=O)NC1CCCC(CC(N)=O)C1. The molecule has 0 aromatic carbocycles. The lowest BCUT2D eigenvalue weighted by Crippen LogP contribution is -2.41. The number of nitrogens with one attached hydrogen (secondary N) is 1. The number of alkyl carbamates (subject to hydrolysis) is 1. The van der Waals surface area contributed by atoms with Crippen molar-refractivity contribution in [3.63, 3.8) is 0 Å². The van der Waals surface area contributed by atoms with Gasteiger partial charge >= 0.3 is 6.09 Å². The average molecular weight is 256 g/mol. The standard InChI is InChI=1S/C13H24N2O3/c1-13(2,3)18-12(17)15-10-6-4-5-9(7-10)8-11(14)16/h9-10H,4-8H2,1-3H3,(H2,14,16)(H,15,17). The maximum absolute atomic E-state index is 11.6. The van der Waals surface area contributed by atoms with E-state index in [1.807, 2.05) is 20.8 Å². The quantitative estimate of drug-likeness (QED) is 0.809. The normalized spacial score (nSPS) is 24.4. The molecule has 1 rings (SSSR count). The molecule has 1 saturated carbocycles. The lowest BCUT2D eigenvalue weighted by molar-refractivity contribution is -0.119. The summed E-state index contributed by atoms with van der Waals surface area (Å²) in [5.41, 5.74) is 4.72. The first-order valence-corrected chi connectivity index (χ1v) is 6.54. The average Bonchev–Trinajstić information content (AvgIpc) is 2.13. The van der Waals surface area contributed by atoms with E-state index in [4.69, 9.17) is 10.5 Å². The summed E-state index contributed by atoms with van der Waals surface area (Å²) < 4.78 is 5.22. The van der Waals surface area contributed by atoms with Crippen molar-refractivity contribution in [1.29, 1.82) is 0 Å². The number of amides is 2. The number of rotatable bonds is 3. The Hall–Kier alpha value is -1.26. The second-order valence-electron chi connectivity index (χ2n) is 6.05. The molecule has 3 N–H and O–H groups in total. The van der Waals surface area contributed by atoms with Gasteiger partial charge in [-0.3, -0.25) is 4.79 Å². The zero-order valence-corrected chi connectivity index (χ0v) is 11.5. The first-order valence-electron chi connectivity index (χ1n) is 6.54. The second-order valence-corrected chi connectivity index (χ2v) is 6.05. The molecule has 18 heavy (non-hydrogen) atoms. The van der Waals surface area contributed by atoms with Crippen LogP contribution in [-0.2, 0) is 9.53 Å². The van der Waals surface area contributed by atoms with Gasteiger partial charge in [0.25, 0.3) is 0 Å². The fourth-order valence-corrected chi connectivity index (χ4v) is 2.37. The van der Waals surface area contributed by atoms with Crippen molar-refractivity contribution in [2.75, 3.05) is 0 Å². The third-order valence-corrected chi connectivity index (χ3v) is 2.99. The van der Waals surface area contributed by atoms with E-state index < -0.39 is 5.60 Å². The molecule has 2 unspecified atom stereocenters. The van der Waals surface area contributed by atoms with E-state index in [2.05, 4.69) is 5.32 Å². The van der Waals surface area contributed by atoms with Crippen LogP contribution in [0.1, 0.15) is 52.9 Å². The van der Waals surface area contributed by atoms with Crippen molar-refractivity contribution in [1.82, 2.24) is 5.32 Å². The Bertz CT molecular complexity index is 310. The zero-order valence-electron chi connectivity index (χ0n) is 11.5. The van der Waals surface area contributed by atoms with Gasteiger partial charge < -0.3 is 15.8 Å². The van der Waals surface area contributed by atoms with Crippen molar-refractivity contribution >= 4 is 12.0 Å². The summed E-state index contributed by atoms with van der Waals surface area (Å²) in [6.45, 7) is 5.51. The van der Waals surface area contributed by atoms with Gasteiger partial charge in [0.2, 0.25) is 5.91 Å². The van der Waals surface area contributed by atoms with Gasteiger partial charge in [0.05, 0.1) is 0 Å². The van der Waals surface area contributed by atoms with Crippen molar-refractivity contribution in [2.45, 2.75) is 64.5 Å². The monoisotopic (exact) mass is 256 g/mol. The van der Waals surface area contributed by atoms with Crippen LogP contribution in [0.15, 0.2) is 0 Å². The van der Waals surface area contributed by atoms with E-state index in [1.54, 1.807) is 0 Å². The fourth-order valence-electron chi connectivity index (χ4n) is 2.37. The molecule has 5 nitrogen and oxygen atoms in total. The van der Waals surface area contributed by atoms with Crippen molar-refractivity contribution in [2.24, 2.45) is 11.7 Å². The van der Waals surface area contributed by atoms with Crippen LogP contribution in [0.4, 0.5) is 4.79 Å². The minimum absolute atomic E-state index is 0.0953. The third-order valence-electron chi connectivity index (χ3n) is 2.99. The lowest BCUT2D eigenvalue weighted by Gasteiger charge is -2.30. The molecule has 0 aliphatic heterocycles. The van der Waals surface area contributed by atoms with Crippen LogP contribution in [0.2, 0.25) is 0 Å². The topological polar surface area (TPSA) is 81.4 Å². The van der Waals surface area contributed by atoms with Crippen LogP contribution >= 0.6 is 0 Å². The highest BCUT2D eigenvalue weighted by atomic mass is 16.6. The van der Waals surface area contributed by atoms with Crippen LogP contribution in [-0.4, -0.2) is 23.6 Å². The number of hydrogen-bond donors (Lipinski definition) is 2. The van der Waals surface area contributed by atoms with Crippen LogP contribution in [0.25, 0.3) is 0 Å². The molecule has 5 heteroatoms. The molecule has 1 aliphatic carbocycles. The zero-order chi connectivity index (χ0) is 13.8. The van der Waals surface area contributed by atoms with Gasteiger partial charge in [0.15, 0.2) is 0 Å². The van der Waals surface area contributed by atoms with E-state index in [9.17, 15) is 9.59 Å².